The molecule has 0 saturated heterocycles. The second kappa shape index (κ2) is 8.93. The maximum Gasteiger partial charge on any atom is 0.160 e. The Bertz CT molecular complexity index is 418. The fourth-order valence-electron chi connectivity index (χ4n) is 2.91. The molecule has 3 nitrogen and oxygen atoms in total. The van der Waals surface area contributed by atoms with Gasteiger partial charge in [0.15, 0.2) is 11.5 Å². The summed E-state index contributed by atoms with van der Waals surface area (Å²) in [6, 6.07) is 6.75. The molecule has 2 atom stereocenters. The number of hydrogen-bond donors (Lipinski definition) is 1. The van der Waals surface area contributed by atoms with Crippen molar-refractivity contribution >= 4 is 0 Å². The van der Waals surface area contributed by atoms with Gasteiger partial charge in [-0.3, -0.25) is 0 Å². The number of nitrogens with one attached hydrogen (secondary N) is 1. The molecule has 0 aliphatic heterocycles. The first-order chi connectivity index (χ1) is 10.0. The van der Waals surface area contributed by atoms with Crippen LogP contribution in [0.4, 0.5) is 0 Å². The molecule has 1 rings (SSSR count). The highest BCUT2D eigenvalue weighted by Crippen LogP contribution is 2.29. The molecule has 1 aromatic rings. The predicted octanol–water partition coefficient (Wildman–Crippen LogP) is 3.91. The van der Waals surface area contributed by atoms with Crippen LogP contribution in [-0.2, 0) is 6.42 Å². The zero-order valence-electron chi connectivity index (χ0n) is 14.4. The van der Waals surface area contributed by atoms with E-state index in [1.54, 1.807) is 14.2 Å². The third-order valence-corrected chi connectivity index (χ3v) is 3.97. The van der Waals surface area contributed by atoms with Crippen molar-refractivity contribution in [2.75, 3.05) is 20.8 Å². The molecule has 0 amide bonds. The van der Waals surface area contributed by atoms with Gasteiger partial charge in [0.25, 0.3) is 0 Å². The van der Waals surface area contributed by atoms with E-state index in [0.29, 0.717) is 17.9 Å². The lowest BCUT2D eigenvalue weighted by molar-refractivity contribution is 0.297. The van der Waals surface area contributed by atoms with E-state index in [0.717, 1.165) is 24.5 Å². The Balaban J connectivity index is 2.78. The van der Waals surface area contributed by atoms with Gasteiger partial charge < -0.3 is 14.8 Å². The smallest absolute Gasteiger partial charge is 0.160 e. The molecule has 0 spiro atoms. The topological polar surface area (TPSA) is 30.5 Å². The Hall–Kier alpha value is -1.22. The molecule has 0 aliphatic rings. The van der Waals surface area contributed by atoms with Crippen LogP contribution in [0.3, 0.4) is 0 Å². The summed E-state index contributed by atoms with van der Waals surface area (Å²) in [5, 5.41) is 3.68. The van der Waals surface area contributed by atoms with Crippen molar-refractivity contribution in [2.45, 2.75) is 46.6 Å². The van der Waals surface area contributed by atoms with E-state index in [2.05, 4.69) is 45.1 Å². The maximum atomic E-state index is 5.39. The Morgan fingerprint density at radius 2 is 1.71 bits per heavy atom. The highest BCUT2D eigenvalue weighted by molar-refractivity contribution is 5.43. The first-order valence-electron chi connectivity index (χ1n) is 7.97. The largest absolute Gasteiger partial charge is 0.493 e. The third-order valence-electron chi connectivity index (χ3n) is 3.97. The summed E-state index contributed by atoms with van der Waals surface area (Å²) in [4.78, 5) is 0. The van der Waals surface area contributed by atoms with Crippen LogP contribution in [0.5, 0.6) is 11.5 Å². The van der Waals surface area contributed by atoms with Crippen molar-refractivity contribution < 1.29 is 9.47 Å². The minimum Gasteiger partial charge on any atom is -0.493 e. The van der Waals surface area contributed by atoms with Crippen molar-refractivity contribution in [1.29, 1.82) is 0 Å². The van der Waals surface area contributed by atoms with Crippen molar-refractivity contribution in [2.24, 2.45) is 11.8 Å². The lowest BCUT2D eigenvalue weighted by Gasteiger charge is -2.29. The van der Waals surface area contributed by atoms with E-state index in [1.807, 2.05) is 6.07 Å². The van der Waals surface area contributed by atoms with Crippen molar-refractivity contribution in [3.05, 3.63) is 23.8 Å². The average Bonchev–Trinajstić information content (AvgIpc) is 2.47. The molecule has 0 heterocycles. The van der Waals surface area contributed by atoms with Gasteiger partial charge in [0.1, 0.15) is 0 Å². The van der Waals surface area contributed by atoms with E-state index < -0.39 is 0 Å². The Morgan fingerprint density at radius 1 is 1.05 bits per heavy atom. The molecule has 0 fully saturated rings. The molecule has 0 bridgehead atoms. The zero-order valence-corrected chi connectivity index (χ0v) is 14.4. The van der Waals surface area contributed by atoms with Gasteiger partial charge in [-0.25, -0.2) is 0 Å². The van der Waals surface area contributed by atoms with Crippen molar-refractivity contribution in [1.82, 2.24) is 5.32 Å². The summed E-state index contributed by atoms with van der Waals surface area (Å²) in [7, 11) is 3.36. The van der Waals surface area contributed by atoms with Crippen LogP contribution in [0.25, 0.3) is 0 Å². The molecule has 0 radical (unpaired) electrons. The molecule has 0 aliphatic carbocycles. The fourth-order valence-corrected chi connectivity index (χ4v) is 2.91. The number of ether oxygens (including phenoxy) is 2. The number of methoxy groups -OCH3 is 2. The summed E-state index contributed by atoms with van der Waals surface area (Å²) < 4.78 is 10.7. The number of benzene rings is 1. The van der Waals surface area contributed by atoms with Gasteiger partial charge in [-0.05, 0) is 48.9 Å². The van der Waals surface area contributed by atoms with E-state index in [4.69, 9.17) is 9.47 Å². The Morgan fingerprint density at radius 3 is 2.24 bits per heavy atom. The van der Waals surface area contributed by atoms with Crippen LogP contribution in [-0.4, -0.2) is 26.8 Å². The van der Waals surface area contributed by atoms with E-state index >= 15 is 0 Å². The quantitative estimate of drug-likeness (QED) is 0.749. The predicted molar refractivity (Wildman–Crippen MR) is 89.3 cm³/mol. The minimum atomic E-state index is 0.540. The summed E-state index contributed by atoms with van der Waals surface area (Å²) in [6.45, 7) is 10.2. The summed E-state index contributed by atoms with van der Waals surface area (Å²) in [6.07, 6.45) is 2.21. The summed E-state index contributed by atoms with van der Waals surface area (Å²) in [5.41, 5.74) is 1.30. The molecule has 1 N–H and O–H groups in total. The summed E-state index contributed by atoms with van der Waals surface area (Å²) in [5.74, 6) is 2.81. The Labute approximate surface area is 130 Å². The van der Waals surface area contributed by atoms with Crippen LogP contribution < -0.4 is 14.8 Å². The van der Waals surface area contributed by atoms with Gasteiger partial charge >= 0.3 is 0 Å². The zero-order chi connectivity index (χ0) is 15.8. The van der Waals surface area contributed by atoms with E-state index in [1.165, 1.54) is 12.0 Å². The molecule has 3 heteroatoms. The van der Waals surface area contributed by atoms with Gasteiger partial charge in [-0.1, -0.05) is 33.8 Å². The second-order valence-electron chi connectivity index (χ2n) is 6.09. The van der Waals surface area contributed by atoms with Gasteiger partial charge in [-0.15, -0.1) is 0 Å². The number of rotatable bonds is 9. The van der Waals surface area contributed by atoms with Gasteiger partial charge in [0.2, 0.25) is 0 Å². The molecule has 1 aromatic carbocycles. The van der Waals surface area contributed by atoms with Gasteiger partial charge in [0.05, 0.1) is 14.2 Å². The van der Waals surface area contributed by atoms with Crippen LogP contribution in [0.15, 0.2) is 18.2 Å². The third kappa shape index (κ3) is 5.24. The molecule has 21 heavy (non-hydrogen) atoms. The first kappa shape index (κ1) is 17.8. The Kier molecular flexibility index (Phi) is 7.58. The van der Waals surface area contributed by atoms with Crippen molar-refractivity contribution in [3.63, 3.8) is 0 Å². The maximum absolute atomic E-state index is 5.39. The standard InChI is InChI=1S/C18H31NO2/c1-7-10-19-18(13(2)3)14(4)11-15-8-9-16(20-5)17(12-15)21-6/h8-9,12-14,18-19H,7,10-11H2,1-6H3. The van der Waals surface area contributed by atoms with Crippen LogP contribution in [0.2, 0.25) is 0 Å². The minimum absolute atomic E-state index is 0.540. The first-order valence-corrected chi connectivity index (χ1v) is 7.97. The summed E-state index contributed by atoms with van der Waals surface area (Å²) >= 11 is 0. The number of hydrogen-bond acceptors (Lipinski definition) is 3. The second-order valence-corrected chi connectivity index (χ2v) is 6.09. The van der Waals surface area contributed by atoms with Crippen molar-refractivity contribution in [3.8, 4) is 11.5 Å². The molecule has 0 aromatic heterocycles. The average molecular weight is 293 g/mol. The lowest BCUT2D eigenvalue weighted by Crippen LogP contribution is -2.40. The highest BCUT2D eigenvalue weighted by atomic mass is 16.5. The SMILES string of the molecule is CCCNC(C(C)C)C(C)Cc1ccc(OC)c(OC)c1. The van der Waals surface area contributed by atoms with Gasteiger partial charge in [0, 0.05) is 6.04 Å². The van der Waals surface area contributed by atoms with Crippen LogP contribution in [0.1, 0.15) is 39.7 Å². The highest BCUT2D eigenvalue weighted by Gasteiger charge is 2.20. The molecule has 120 valence electrons. The van der Waals surface area contributed by atoms with E-state index in [9.17, 15) is 0 Å². The van der Waals surface area contributed by atoms with E-state index in [-0.39, 0.29) is 0 Å². The van der Waals surface area contributed by atoms with Crippen LogP contribution in [0, 0.1) is 11.8 Å². The monoisotopic (exact) mass is 293 g/mol. The molecule has 2 unspecified atom stereocenters. The lowest BCUT2D eigenvalue weighted by atomic mass is 9.87. The normalized spacial score (nSPS) is 14.0. The van der Waals surface area contributed by atoms with Gasteiger partial charge in [-0.2, -0.15) is 0 Å². The van der Waals surface area contributed by atoms with Crippen LogP contribution >= 0.6 is 0 Å². The molecular weight excluding hydrogens is 262 g/mol. The fraction of sp³-hybridized carbons (Fsp3) is 0.667. The molecular formula is C18H31NO2. The molecule has 0 saturated carbocycles.